The van der Waals surface area contributed by atoms with Gasteiger partial charge in [-0.2, -0.15) is 0 Å². The van der Waals surface area contributed by atoms with Gasteiger partial charge < -0.3 is 24.1 Å². The van der Waals surface area contributed by atoms with E-state index in [0.717, 1.165) is 0 Å². The quantitative estimate of drug-likeness (QED) is 0.760. The van der Waals surface area contributed by atoms with Gasteiger partial charge >= 0.3 is 5.97 Å². The highest BCUT2D eigenvalue weighted by molar-refractivity contribution is 5.89. The first kappa shape index (κ1) is 13.1. The van der Waals surface area contributed by atoms with E-state index in [0.29, 0.717) is 5.75 Å². The molecule has 1 N–H and O–H groups in total. The second kappa shape index (κ2) is 5.95. The molecule has 1 rings (SSSR count). The van der Waals surface area contributed by atoms with Gasteiger partial charge in [0.1, 0.15) is 0 Å². The molecule has 6 nitrogen and oxygen atoms in total. The number of aromatic carboxylic acids is 1. The van der Waals surface area contributed by atoms with E-state index < -0.39 is 5.97 Å². The molecule has 0 bridgehead atoms. The second-order valence-corrected chi connectivity index (χ2v) is 3.07. The van der Waals surface area contributed by atoms with Crippen molar-refractivity contribution in [2.75, 3.05) is 28.1 Å². The summed E-state index contributed by atoms with van der Waals surface area (Å²) in [6, 6.07) is 2.71. The van der Waals surface area contributed by atoms with Gasteiger partial charge in [-0.05, 0) is 12.1 Å². The monoisotopic (exact) mass is 242 g/mol. The molecule has 1 aromatic carbocycles. The van der Waals surface area contributed by atoms with Crippen molar-refractivity contribution in [3.63, 3.8) is 0 Å². The van der Waals surface area contributed by atoms with E-state index in [9.17, 15) is 4.79 Å². The number of hydrogen-bond donors (Lipinski definition) is 1. The van der Waals surface area contributed by atoms with Crippen LogP contribution in [0.25, 0.3) is 0 Å². The van der Waals surface area contributed by atoms with E-state index in [1.165, 1.54) is 33.5 Å². The van der Waals surface area contributed by atoms with Crippen LogP contribution in [0.15, 0.2) is 12.1 Å². The van der Waals surface area contributed by atoms with E-state index >= 15 is 0 Å². The maximum atomic E-state index is 10.9. The summed E-state index contributed by atoms with van der Waals surface area (Å²) in [4.78, 5) is 10.9. The predicted octanol–water partition coefficient (Wildman–Crippen LogP) is 1.38. The van der Waals surface area contributed by atoms with Crippen molar-refractivity contribution in [2.45, 2.75) is 0 Å². The molecule has 0 radical (unpaired) electrons. The Morgan fingerprint density at radius 1 is 1.18 bits per heavy atom. The minimum absolute atomic E-state index is 0.0130. The Bertz CT molecular complexity index is 376. The smallest absolute Gasteiger partial charge is 0.335 e. The Hall–Kier alpha value is -1.95. The van der Waals surface area contributed by atoms with Gasteiger partial charge in [0.15, 0.2) is 18.3 Å². The summed E-state index contributed by atoms with van der Waals surface area (Å²) < 4.78 is 20.1. The largest absolute Gasteiger partial charge is 0.493 e. The van der Waals surface area contributed by atoms with Gasteiger partial charge in [-0.15, -0.1) is 0 Å². The first-order valence-electron chi connectivity index (χ1n) is 4.75. The molecular weight excluding hydrogens is 228 g/mol. The van der Waals surface area contributed by atoms with Crippen LogP contribution in [-0.4, -0.2) is 39.2 Å². The molecule has 0 aliphatic carbocycles. The van der Waals surface area contributed by atoms with Crippen molar-refractivity contribution in [2.24, 2.45) is 0 Å². The Morgan fingerprint density at radius 2 is 1.71 bits per heavy atom. The molecule has 0 aliphatic heterocycles. The lowest BCUT2D eigenvalue weighted by molar-refractivity contribution is 0.0470. The van der Waals surface area contributed by atoms with Gasteiger partial charge in [0.05, 0.1) is 19.8 Å². The van der Waals surface area contributed by atoms with Crippen LogP contribution in [0.4, 0.5) is 0 Å². The molecule has 1 aromatic rings. The fourth-order valence-corrected chi connectivity index (χ4v) is 1.26. The summed E-state index contributed by atoms with van der Waals surface area (Å²) in [5.41, 5.74) is 0.0588. The van der Waals surface area contributed by atoms with E-state index in [1.54, 1.807) is 0 Å². The average molecular weight is 242 g/mol. The number of carboxylic acid groups (broad SMARTS) is 1. The maximum absolute atomic E-state index is 10.9. The first-order valence-corrected chi connectivity index (χ1v) is 4.75. The number of ether oxygens (including phenoxy) is 4. The van der Waals surface area contributed by atoms with Crippen molar-refractivity contribution in [1.82, 2.24) is 0 Å². The summed E-state index contributed by atoms with van der Waals surface area (Å²) in [5.74, 6) is -0.209. The van der Waals surface area contributed by atoms with Crippen molar-refractivity contribution >= 4 is 5.97 Å². The summed E-state index contributed by atoms with van der Waals surface area (Å²) in [6.45, 7) is 0.0130. The van der Waals surface area contributed by atoms with Gasteiger partial charge in [0, 0.05) is 7.11 Å². The average Bonchev–Trinajstić information content (AvgIpc) is 2.34. The highest BCUT2D eigenvalue weighted by atomic mass is 16.7. The summed E-state index contributed by atoms with van der Waals surface area (Å²) in [7, 11) is 4.31. The number of hydrogen-bond acceptors (Lipinski definition) is 5. The zero-order valence-corrected chi connectivity index (χ0v) is 9.85. The van der Waals surface area contributed by atoms with Crippen LogP contribution in [0.2, 0.25) is 0 Å². The molecule has 0 spiro atoms. The normalized spacial score (nSPS) is 9.82. The van der Waals surface area contributed by atoms with Gasteiger partial charge in [-0.25, -0.2) is 4.79 Å². The molecule has 6 heteroatoms. The molecule has 0 fully saturated rings. The molecule has 94 valence electrons. The minimum Gasteiger partial charge on any atom is -0.493 e. The molecule has 0 atom stereocenters. The molecule has 0 unspecified atom stereocenters. The molecule has 0 saturated heterocycles. The highest BCUT2D eigenvalue weighted by Crippen LogP contribution is 2.38. The molecule has 0 aromatic heterocycles. The SMILES string of the molecule is COCOc1c(OC)cc(C(=O)O)cc1OC. The Labute approximate surface area is 98.7 Å². The fraction of sp³-hybridized carbons (Fsp3) is 0.364. The Balaban J connectivity index is 3.21. The molecular formula is C11H14O6. The van der Waals surface area contributed by atoms with E-state index in [-0.39, 0.29) is 23.9 Å². The van der Waals surface area contributed by atoms with Gasteiger partial charge in [-0.3, -0.25) is 0 Å². The van der Waals surface area contributed by atoms with Crippen LogP contribution in [0, 0.1) is 0 Å². The summed E-state index contributed by atoms with van der Waals surface area (Å²) >= 11 is 0. The van der Waals surface area contributed by atoms with Crippen LogP contribution in [0.3, 0.4) is 0 Å². The Morgan fingerprint density at radius 3 is 2.06 bits per heavy atom. The third-order valence-corrected chi connectivity index (χ3v) is 2.03. The van der Waals surface area contributed by atoms with Gasteiger partial charge in [0.2, 0.25) is 5.75 Å². The second-order valence-electron chi connectivity index (χ2n) is 3.07. The maximum Gasteiger partial charge on any atom is 0.335 e. The fourth-order valence-electron chi connectivity index (χ4n) is 1.26. The number of methoxy groups -OCH3 is 3. The molecule has 0 amide bonds. The van der Waals surface area contributed by atoms with Gasteiger partial charge in [0.25, 0.3) is 0 Å². The van der Waals surface area contributed by atoms with Gasteiger partial charge in [-0.1, -0.05) is 0 Å². The molecule has 0 saturated carbocycles. The van der Waals surface area contributed by atoms with Crippen LogP contribution < -0.4 is 14.2 Å². The van der Waals surface area contributed by atoms with Crippen molar-refractivity contribution in [3.8, 4) is 17.2 Å². The van der Waals surface area contributed by atoms with E-state index in [1.807, 2.05) is 0 Å². The molecule has 0 aliphatic rings. The van der Waals surface area contributed by atoms with Crippen LogP contribution in [0.1, 0.15) is 10.4 Å². The lowest BCUT2D eigenvalue weighted by Gasteiger charge is -2.14. The van der Waals surface area contributed by atoms with Crippen LogP contribution in [-0.2, 0) is 4.74 Å². The highest BCUT2D eigenvalue weighted by Gasteiger charge is 2.17. The zero-order valence-electron chi connectivity index (χ0n) is 9.85. The van der Waals surface area contributed by atoms with Crippen molar-refractivity contribution in [3.05, 3.63) is 17.7 Å². The van der Waals surface area contributed by atoms with Crippen molar-refractivity contribution < 1.29 is 28.8 Å². The summed E-state index contributed by atoms with van der Waals surface area (Å²) in [6.07, 6.45) is 0. The first-order chi connectivity index (χ1) is 8.13. The number of carboxylic acids is 1. The summed E-state index contributed by atoms with van der Waals surface area (Å²) in [5, 5.41) is 8.92. The van der Waals surface area contributed by atoms with Crippen molar-refractivity contribution in [1.29, 1.82) is 0 Å². The lowest BCUT2D eigenvalue weighted by Crippen LogP contribution is -2.05. The third kappa shape index (κ3) is 3.01. The van der Waals surface area contributed by atoms with Crippen LogP contribution >= 0.6 is 0 Å². The van der Waals surface area contributed by atoms with E-state index in [2.05, 4.69) is 0 Å². The standard InChI is InChI=1S/C11H14O6/c1-14-6-17-10-8(15-2)4-7(11(12)13)5-9(10)16-3/h4-5H,6H2,1-3H3,(H,12,13). The molecule has 17 heavy (non-hydrogen) atoms. The molecule has 0 heterocycles. The predicted molar refractivity (Wildman–Crippen MR) is 59.0 cm³/mol. The number of benzene rings is 1. The third-order valence-electron chi connectivity index (χ3n) is 2.03. The number of carbonyl (C=O) groups is 1. The topological polar surface area (TPSA) is 74.2 Å². The zero-order chi connectivity index (χ0) is 12.8. The van der Waals surface area contributed by atoms with Crippen LogP contribution in [0.5, 0.6) is 17.2 Å². The minimum atomic E-state index is -1.07. The Kier molecular flexibility index (Phi) is 4.59. The number of rotatable bonds is 6. The lowest BCUT2D eigenvalue weighted by atomic mass is 10.2. The van der Waals surface area contributed by atoms with E-state index in [4.69, 9.17) is 24.1 Å².